The Hall–Kier alpha value is -0.690. The van der Waals surface area contributed by atoms with Crippen LogP contribution in [-0.2, 0) is 14.3 Å². The van der Waals surface area contributed by atoms with Gasteiger partial charge >= 0.3 is 5.97 Å². The second kappa shape index (κ2) is 6.90. The van der Waals surface area contributed by atoms with Gasteiger partial charge in [0.1, 0.15) is 6.04 Å². The number of likely N-dealkylation sites (N-methyl/N-ethyl adjacent to an activating group) is 1. The van der Waals surface area contributed by atoms with Crippen molar-refractivity contribution in [2.75, 3.05) is 33.9 Å². The van der Waals surface area contributed by atoms with Crippen LogP contribution in [-0.4, -0.2) is 80.0 Å². The molecule has 4 rings (SSSR count). The van der Waals surface area contributed by atoms with Gasteiger partial charge in [-0.25, -0.2) is 0 Å². The minimum atomic E-state index is -0.138. The molecule has 3 heterocycles. The van der Waals surface area contributed by atoms with Gasteiger partial charge in [-0.2, -0.15) is 0 Å². The van der Waals surface area contributed by atoms with Crippen molar-refractivity contribution in [1.82, 2.24) is 15.1 Å². The Labute approximate surface area is 144 Å². The molecular formula is C18H31N3O3. The van der Waals surface area contributed by atoms with Crippen LogP contribution in [0.2, 0.25) is 0 Å². The number of hydrogen-bond donors (Lipinski definition) is 1. The zero-order valence-electron chi connectivity index (χ0n) is 14.9. The van der Waals surface area contributed by atoms with Gasteiger partial charge in [-0.15, -0.1) is 0 Å². The Bertz CT molecular complexity index is 460. The fraction of sp³-hybridized carbons (Fsp3) is 0.944. The van der Waals surface area contributed by atoms with Gasteiger partial charge in [0.05, 0.1) is 19.3 Å². The number of carbonyl (C=O) groups excluding carboxylic acids is 1. The van der Waals surface area contributed by atoms with E-state index in [-0.39, 0.29) is 18.1 Å². The molecule has 0 spiro atoms. The smallest absolute Gasteiger partial charge is 0.323 e. The average Bonchev–Trinajstić information content (AvgIpc) is 3.16. The summed E-state index contributed by atoms with van der Waals surface area (Å²) in [5.74, 6) is 0.647. The molecule has 6 unspecified atom stereocenters. The van der Waals surface area contributed by atoms with E-state index in [0.717, 1.165) is 38.5 Å². The van der Waals surface area contributed by atoms with E-state index in [1.165, 1.54) is 32.8 Å². The molecule has 4 aliphatic rings. The first-order chi connectivity index (χ1) is 11.7. The summed E-state index contributed by atoms with van der Waals surface area (Å²) in [7, 11) is 3.66. The Kier molecular flexibility index (Phi) is 4.82. The second-order valence-electron chi connectivity index (χ2n) is 8.10. The summed E-state index contributed by atoms with van der Waals surface area (Å²) in [5.41, 5.74) is 0. The number of fused-ring (bicyclic) bond motifs is 2. The van der Waals surface area contributed by atoms with Crippen LogP contribution in [0.4, 0.5) is 0 Å². The van der Waals surface area contributed by atoms with Gasteiger partial charge < -0.3 is 9.47 Å². The van der Waals surface area contributed by atoms with Crippen molar-refractivity contribution >= 4 is 5.97 Å². The number of nitrogens with zero attached hydrogens (tertiary/aromatic N) is 2. The quantitative estimate of drug-likeness (QED) is 0.769. The van der Waals surface area contributed by atoms with Crippen LogP contribution >= 0.6 is 0 Å². The van der Waals surface area contributed by atoms with E-state index in [1.807, 2.05) is 0 Å². The van der Waals surface area contributed by atoms with Crippen molar-refractivity contribution in [3.8, 4) is 0 Å². The minimum Gasteiger partial charge on any atom is -0.468 e. The molecule has 136 valence electrons. The van der Waals surface area contributed by atoms with Gasteiger partial charge in [0, 0.05) is 31.8 Å². The number of likely N-dealkylation sites (tertiary alicyclic amines) is 1. The van der Waals surface area contributed by atoms with Crippen LogP contribution in [0.25, 0.3) is 0 Å². The molecule has 0 aromatic rings. The van der Waals surface area contributed by atoms with Gasteiger partial charge in [0.25, 0.3) is 0 Å². The molecule has 0 radical (unpaired) electrons. The molecule has 1 N–H and O–H groups in total. The van der Waals surface area contributed by atoms with Crippen LogP contribution in [0.1, 0.15) is 38.5 Å². The monoisotopic (exact) mass is 337 g/mol. The average molecular weight is 337 g/mol. The third-order valence-electron chi connectivity index (χ3n) is 6.66. The van der Waals surface area contributed by atoms with E-state index in [1.54, 1.807) is 0 Å². The van der Waals surface area contributed by atoms with Gasteiger partial charge in [0.15, 0.2) is 0 Å². The fourth-order valence-electron chi connectivity index (χ4n) is 5.31. The number of methoxy groups -OCH3 is 1. The molecular weight excluding hydrogens is 306 g/mol. The maximum absolute atomic E-state index is 12.3. The fourth-order valence-corrected chi connectivity index (χ4v) is 5.31. The van der Waals surface area contributed by atoms with Crippen LogP contribution in [0.5, 0.6) is 0 Å². The molecule has 0 aromatic carbocycles. The molecule has 1 saturated carbocycles. The molecule has 0 bridgehead atoms. The third-order valence-corrected chi connectivity index (χ3v) is 6.66. The highest BCUT2D eigenvalue weighted by Crippen LogP contribution is 2.38. The van der Waals surface area contributed by atoms with Crippen molar-refractivity contribution in [1.29, 1.82) is 0 Å². The van der Waals surface area contributed by atoms with Crippen molar-refractivity contribution in [2.45, 2.75) is 68.9 Å². The molecule has 6 atom stereocenters. The highest BCUT2D eigenvalue weighted by Gasteiger charge is 2.45. The van der Waals surface area contributed by atoms with Crippen LogP contribution < -0.4 is 5.32 Å². The number of nitrogens with one attached hydrogen (secondary N) is 1. The predicted octanol–water partition coefficient (Wildman–Crippen LogP) is 0.811. The molecule has 3 aliphatic heterocycles. The Morgan fingerprint density at radius 2 is 2.12 bits per heavy atom. The first-order valence-corrected chi connectivity index (χ1v) is 9.56. The van der Waals surface area contributed by atoms with Crippen molar-refractivity contribution in [3.63, 3.8) is 0 Å². The van der Waals surface area contributed by atoms with Crippen molar-refractivity contribution in [3.05, 3.63) is 0 Å². The predicted molar refractivity (Wildman–Crippen MR) is 90.6 cm³/mol. The molecule has 0 amide bonds. The normalized spacial score (nSPS) is 43.4. The summed E-state index contributed by atoms with van der Waals surface area (Å²) in [5, 5.41) is 3.53. The first kappa shape index (κ1) is 16.8. The number of esters is 1. The standard InChI is InChI=1S/C18H31N3O3/c1-20-11-19-14-8-15(18(22)23-2)21(10-16(14)20)9-13-7-12-5-3-4-6-17(12)24-13/h12-17,19H,3-11H2,1-2H3. The lowest BCUT2D eigenvalue weighted by Crippen LogP contribution is -2.59. The summed E-state index contributed by atoms with van der Waals surface area (Å²) >= 11 is 0. The summed E-state index contributed by atoms with van der Waals surface area (Å²) < 4.78 is 11.4. The van der Waals surface area contributed by atoms with E-state index < -0.39 is 0 Å². The van der Waals surface area contributed by atoms with E-state index in [9.17, 15) is 4.79 Å². The molecule has 1 aliphatic carbocycles. The molecule has 6 nitrogen and oxygen atoms in total. The Balaban J connectivity index is 1.43. The Morgan fingerprint density at radius 3 is 2.92 bits per heavy atom. The van der Waals surface area contributed by atoms with Crippen LogP contribution in [0.3, 0.4) is 0 Å². The summed E-state index contributed by atoms with van der Waals surface area (Å²) in [6.07, 6.45) is 7.94. The number of piperidine rings is 1. The zero-order chi connectivity index (χ0) is 16.7. The third kappa shape index (κ3) is 3.09. The summed E-state index contributed by atoms with van der Waals surface area (Å²) in [4.78, 5) is 17.0. The number of rotatable bonds is 3. The number of ether oxygens (including phenoxy) is 2. The van der Waals surface area contributed by atoms with Crippen molar-refractivity contribution < 1.29 is 14.3 Å². The highest BCUT2D eigenvalue weighted by molar-refractivity contribution is 5.76. The van der Waals surface area contributed by atoms with Crippen molar-refractivity contribution in [2.24, 2.45) is 5.92 Å². The maximum Gasteiger partial charge on any atom is 0.323 e. The second-order valence-corrected chi connectivity index (χ2v) is 8.10. The van der Waals surface area contributed by atoms with E-state index in [2.05, 4.69) is 22.2 Å². The lowest BCUT2D eigenvalue weighted by atomic mass is 9.85. The van der Waals surface area contributed by atoms with E-state index >= 15 is 0 Å². The number of carbonyl (C=O) groups is 1. The maximum atomic E-state index is 12.3. The summed E-state index contributed by atoms with van der Waals surface area (Å²) in [6.45, 7) is 2.69. The topological polar surface area (TPSA) is 54.0 Å². The largest absolute Gasteiger partial charge is 0.468 e. The van der Waals surface area contributed by atoms with Gasteiger partial charge in [-0.1, -0.05) is 12.8 Å². The molecule has 3 saturated heterocycles. The van der Waals surface area contributed by atoms with Crippen LogP contribution in [0.15, 0.2) is 0 Å². The van der Waals surface area contributed by atoms with Gasteiger partial charge in [-0.3, -0.25) is 19.9 Å². The Morgan fingerprint density at radius 1 is 1.29 bits per heavy atom. The first-order valence-electron chi connectivity index (χ1n) is 9.56. The van der Waals surface area contributed by atoms with Gasteiger partial charge in [-0.05, 0) is 38.6 Å². The summed E-state index contributed by atoms with van der Waals surface area (Å²) in [6, 6.07) is 0.735. The highest BCUT2D eigenvalue weighted by atomic mass is 16.5. The number of hydrogen-bond acceptors (Lipinski definition) is 6. The molecule has 0 aromatic heterocycles. The molecule has 24 heavy (non-hydrogen) atoms. The molecule has 4 fully saturated rings. The van der Waals surface area contributed by atoms with Crippen LogP contribution in [0, 0.1) is 5.92 Å². The minimum absolute atomic E-state index is 0.0970. The zero-order valence-corrected chi connectivity index (χ0v) is 14.9. The van der Waals surface area contributed by atoms with E-state index in [4.69, 9.17) is 9.47 Å². The molecule has 6 heteroatoms. The van der Waals surface area contributed by atoms with Gasteiger partial charge in [0.2, 0.25) is 0 Å². The van der Waals surface area contributed by atoms with E-state index in [0.29, 0.717) is 18.2 Å². The SMILES string of the molecule is COC(=O)C1CC2NCN(C)C2CN1CC1CC2CCCCC2O1. The lowest BCUT2D eigenvalue weighted by molar-refractivity contribution is -0.150. The lowest BCUT2D eigenvalue weighted by Gasteiger charge is -2.42.